The predicted octanol–water partition coefficient (Wildman–Crippen LogP) is 1.65. The maximum atomic E-state index is 11.9. The Bertz CT molecular complexity index is 400. The molecule has 7 heteroatoms. The van der Waals surface area contributed by atoms with Crippen LogP contribution in [0.25, 0.3) is 0 Å². The zero-order valence-electron chi connectivity index (χ0n) is 11.5. The van der Waals surface area contributed by atoms with E-state index in [0.717, 1.165) is 11.5 Å². The number of nitrogens with two attached hydrogens (primary N) is 1. The van der Waals surface area contributed by atoms with Crippen LogP contribution < -0.4 is 11.1 Å². The summed E-state index contributed by atoms with van der Waals surface area (Å²) in [6.07, 6.45) is 1.66. The van der Waals surface area contributed by atoms with E-state index in [0.29, 0.717) is 18.9 Å². The number of rotatable bonds is 5. The van der Waals surface area contributed by atoms with Gasteiger partial charge in [-0.3, -0.25) is 9.59 Å². The summed E-state index contributed by atoms with van der Waals surface area (Å²) in [5.41, 5.74) is 4.35. The topological polar surface area (TPSA) is 96.0 Å². The summed E-state index contributed by atoms with van der Waals surface area (Å²) in [6, 6.07) is 2.77. The fourth-order valence-corrected chi connectivity index (χ4v) is 4.15. The quantitative estimate of drug-likeness (QED) is 0.754. The number of nitriles is 1. The molecule has 0 atom stereocenters. The van der Waals surface area contributed by atoms with Crippen molar-refractivity contribution in [3.05, 3.63) is 0 Å². The maximum absolute atomic E-state index is 11.9. The van der Waals surface area contributed by atoms with E-state index in [4.69, 9.17) is 5.73 Å². The summed E-state index contributed by atoms with van der Waals surface area (Å²) in [6.45, 7) is 3.72. The molecule has 0 unspecified atom stereocenters. The number of hydrogen-bond donors (Lipinski definition) is 2. The average molecular weight is 299 g/mol. The summed E-state index contributed by atoms with van der Waals surface area (Å²) >= 11 is 1.80. The number of primary amides is 1. The van der Waals surface area contributed by atoms with Crippen LogP contribution in [0.5, 0.6) is 0 Å². The lowest BCUT2D eigenvalue weighted by molar-refractivity contribution is -0.122. The van der Waals surface area contributed by atoms with Crippen LogP contribution in [0.15, 0.2) is 0 Å². The van der Waals surface area contributed by atoms with Crippen molar-refractivity contribution in [1.82, 2.24) is 5.32 Å². The largest absolute Gasteiger partial charge is 0.374 e. The molecule has 0 aromatic carbocycles. The smallest absolute Gasteiger partial charge is 0.220 e. The van der Waals surface area contributed by atoms with Crippen molar-refractivity contribution >= 4 is 31.3 Å². The van der Waals surface area contributed by atoms with Gasteiger partial charge in [0.2, 0.25) is 5.91 Å². The molecule has 1 heterocycles. The molecule has 0 radical (unpaired) electrons. The van der Waals surface area contributed by atoms with Crippen molar-refractivity contribution in [1.29, 1.82) is 5.26 Å². The second-order valence-corrected chi connectivity index (χ2v) is 11.6. The summed E-state index contributed by atoms with van der Waals surface area (Å²) in [7, 11) is -2.15. The molecular formula is C12H21N3O2SSi. The molecule has 5 nitrogen and oxygen atoms in total. The van der Waals surface area contributed by atoms with Crippen LogP contribution in [-0.4, -0.2) is 36.6 Å². The fourth-order valence-electron chi connectivity index (χ4n) is 1.86. The van der Waals surface area contributed by atoms with Gasteiger partial charge in [-0.1, -0.05) is 13.1 Å². The molecule has 3 N–H and O–H groups in total. The Labute approximate surface area is 119 Å². The van der Waals surface area contributed by atoms with Gasteiger partial charge in [0.05, 0.1) is 6.07 Å². The van der Waals surface area contributed by atoms with Gasteiger partial charge in [0.1, 0.15) is 5.54 Å². The molecule has 1 aliphatic heterocycles. The van der Waals surface area contributed by atoms with Crippen LogP contribution >= 0.6 is 11.8 Å². The van der Waals surface area contributed by atoms with E-state index in [1.54, 1.807) is 11.8 Å². The van der Waals surface area contributed by atoms with Gasteiger partial charge >= 0.3 is 0 Å². The molecule has 0 bridgehead atoms. The third kappa shape index (κ3) is 4.55. The zero-order chi connectivity index (χ0) is 14.5. The van der Waals surface area contributed by atoms with Gasteiger partial charge < -0.3 is 11.1 Å². The van der Waals surface area contributed by atoms with Crippen LogP contribution in [-0.2, 0) is 4.79 Å². The molecule has 1 aliphatic rings. The van der Waals surface area contributed by atoms with E-state index in [9.17, 15) is 14.9 Å². The van der Waals surface area contributed by atoms with Gasteiger partial charge in [-0.05, 0) is 30.4 Å². The standard InChI is InChI=1S/C12H21N3O2SSi/c1-19(2,11(14)17)8-3-10(16)15-12(9-13)4-6-18-7-5-12/h3-8H2,1-2H3,(H2,14,17)(H,15,16). The Hall–Kier alpha value is -1.00. The van der Waals surface area contributed by atoms with Crippen molar-refractivity contribution in [2.75, 3.05) is 11.5 Å². The molecule has 0 aromatic rings. The fraction of sp³-hybridized carbons (Fsp3) is 0.750. The highest BCUT2D eigenvalue weighted by Gasteiger charge is 2.35. The van der Waals surface area contributed by atoms with Crippen molar-refractivity contribution in [2.45, 2.75) is 43.9 Å². The van der Waals surface area contributed by atoms with E-state index in [-0.39, 0.29) is 17.9 Å². The van der Waals surface area contributed by atoms with Gasteiger partial charge in [-0.25, -0.2) is 0 Å². The number of hydrogen-bond acceptors (Lipinski definition) is 4. The minimum atomic E-state index is -2.15. The Morgan fingerprint density at radius 1 is 1.42 bits per heavy atom. The van der Waals surface area contributed by atoms with E-state index in [2.05, 4.69) is 11.4 Å². The molecule has 0 saturated carbocycles. The van der Waals surface area contributed by atoms with E-state index in [1.165, 1.54) is 0 Å². The van der Waals surface area contributed by atoms with Crippen LogP contribution in [0, 0.1) is 11.3 Å². The summed E-state index contributed by atoms with van der Waals surface area (Å²) < 4.78 is 0. The molecule has 1 fully saturated rings. The summed E-state index contributed by atoms with van der Waals surface area (Å²) in [5.74, 6) is 1.65. The molecule has 1 saturated heterocycles. The lowest BCUT2D eigenvalue weighted by Crippen LogP contribution is -2.50. The Kier molecular flexibility index (Phi) is 5.44. The first kappa shape index (κ1) is 16.1. The molecule has 2 amide bonds. The number of nitrogens with one attached hydrogen (secondary N) is 1. The lowest BCUT2D eigenvalue weighted by atomic mass is 9.94. The summed E-state index contributed by atoms with van der Waals surface area (Å²) in [5, 5.41) is 12.1. The first-order valence-electron chi connectivity index (χ1n) is 6.41. The molecule has 19 heavy (non-hydrogen) atoms. The molecular weight excluding hydrogens is 278 g/mol. The normalized spacial score (nSPS) is 18.4. The van der Waals surface area contributed by atoms with Crippen molar-refractivity contribution in [3.8, 4) is 6.07 Å². The monoisotopic (exact) mass is 299 g/mol. The van der Waals surface area contributed by atoms with Crippen molar-refractivity contribution in [2.24, 2.45) is 5.73 Å². The molecule has 1 rings (SSSR count). The number of carbonyl (C=O) groups excluding carboxylic acids is 2. The minimum Gasteiger partial charge on any atom is -0.374 e. The SMILES string of the molecule is C[Si](C)(CCC(=O)NC1(C#N)CCSCC1)C(N)=O. The number of thioether (sulfide) groups is 1. The summed E-state index contributed by atoms with van der Waals surface area (Å²) in [4.78, 5) is 23.2. The van der Waals surface area contributed by atoms with E-state index in [1.807, 2.05) is 13.1 Å². The average Bonchev–Trinajstić information content (AvgIpc) is 2.37. The second-order valence-electron chi connectivity index (χ2n) is 5.60. The molecule has 0 aliphatic carbocycles. The van der Waals surface area contributed by atoms with Crippen LogP contribution in [0.1, 0.15) is 19.3 Å². The van der Waals surface area contributed by atoms with Gasteiger partial charge in [0, 0.05) is 6.42 Å². The van der Waals surface area contributed by atoms with Crippen molar-refractivity contribution < 1.29 is 9.59 Å². The highest BCUT2D eigenvalue weighted by molar-refractivity contribution is 7.99. The highest BCUT2D eigenvalue weighted by Crippen LogP contribution is 2.26. The second kappa shape index (κ2) is 6.44. The highest BCUT2D eigenvalue weighted by atomic mass is 32.2. The Morgan fingerprint density at radius 2 is 2.00 bits per heavy atom. The number of amides is 2. The molecule has 0 spiro atoms. The van der Waals surface area contributed by atoms with Crippen LogP contribution in [0.3, 0.4) is 0 Å². The first-order chi connectivity index (χ1) is 8.81. The third-order valence-electron chi connectivity index (χ3n) is 3.58. The van der Waals surface area contributed by atoms with Gasteiger partial charge in [-0.15, -0.1) is 0 Å². The minimum absolute atomic E-state index is 0.143. The van der Waals surface area contributed by atoms with Crippen LogP contribution in [0.2, 0.25) is 19.1 Å². The molecule has 0 aromatic heterocycles. The Morgan fingerprint density at radius 3 is 2.47 bits per heavy atom. The molecule has 106 valence electrons. The van der Waals surface area contributed by atoms with E-state index >= 15 is 0 Å². The predicted molar refractivity (Wildman–Crippen MR) is 79.5 cm³/mol. The zero-order valence-corrected chi connectivity index (χ0v) is 13.3. The van der Waals surface area contributed by atoms with Crippen molar-refractivity contribution in [3.63, 3.8) is 0 Å². The van der Waals surface area contributed by atoms with Gasteiger partial charge in [0.15, 0.2) is 13.6 Å². The number of nitrogens with zero attached hydrogens (tertiary/aromatic N) is 1. The first-order valence-corrected chi connectivity index (χ1v) is 10.8. The maximum Gasteiger partial charge on any atom is 0.220 e. The third-order valence-corrected chi connectivity index (χ3v) is 7.40. The Balaban J connectivity index is 2.51. The number of carbonyl (C=O) groups is 2. The van der Waals surface area contributed by atoms with Crippen LogP contribution in [0.4, 0.5) is 4.79 Å². The van der Waals surface area contributed by atoms with E-state index < -0.39 is 13.6 Å². The lowest BCUT2D eigenvalue weighted by Gasteiger charge is -2.31. The van der Waals surface area contributed by atoms with Gasteiger partial charge in [0.25, 0.3) is 0 Å². The van der Waals surface area contributed by atoms with Gasteiger partial charge in [-0.2, -0.15) is 17.0 Å².